The second kappa shape index (κ2) is 7.96. The molecule has 0 fully saturated rings. The van der Waals surface area contributed by atoms with E-state index < -0.39 is 17.9 Å². The summed E-state index contributed by atoms with van der Waals surface area (Å²) >= 11 is 1.10. The molecule has 0 aliphatic carbocycles. The summed E-state index contributed by atoms with van der Waals surface area (Å²) in [5.41, 5.74) is 12.2. The summed E-state index contributed by atoms with van der Waals surface area (Å²) in [6.07, 6.45) is 0.677. The Bertz CT molecular complexity index is 1400. The number of hydrogen-bond donors (Lipinski definition) is 2. The number of nitrogens with zero attached hydrogens (tertiary/aromatic N) is 2. The maximum Gasteiger partial charge on any atom is 0.263 e. The van der Waals surface area contributed by atoms with Gasteiger partial charge in [0.2, 0.25) is 5.91 Å². The second-order valence-corrected chi connectivity index (χ2v) is 8.44. The number of aryl methyl sites for hydroxylation is 1. The van der Waals surface area contributed by atoms with Gasteiger partial charge in [0, 0.05) is 6.42 Å². The Morgan fingerprint density at radius 1 is 1.13 bits per heavy atom. The number of benzene rings is 2. The molecule has 0 bridgehead atoms. The minimum Gasteiger partial charge on any atom is -0.368 e. The van der Waals surface area contributed by atoms with E-state index in [4.69, 9.17) is 16.5 Å². The van der Waals surface area contributed by atoms with E-state index in [1.54, 1.807) is 13.8 Å². The third-order valence-electron chi connectivity index (χ3n) is 5.55. The van der Waals surface area contributed by atoms with Crippen molar-refractivity contribution in [3.05, 3.63) is 74.6 Å². The van der Waals surface area contributed by atoms with E-state index in [0.29, 0.717) is 39.3 Å². The highest BCUT2D eigenvalue weighted by Crippen LogP contribution is 2.29. The van der Waals surface area contributed by atoms with Gasteiger partial charge in [0.1, 0.15) is 16.7 Å². The first-order valence-electron chi connectivity index (χ1n) is 9.93. The van der Waals surface area contributed by atoms with Crippen molar-refractivity contribution in [3.8, 4) is 0 Å². The first-order valence-corrected chi connectivity index (χ1v) is 10.7. The molecule has 4 aromatic rings. The molecule has 0 saturated carbocycles. The van der Waals surface area contributed by atoms with Gasteiger partial charge in [0.15, 0.2) is 0 Å². The van der Waals surface area contributed by atoms with Gasteiger partial charge in [-0.3, -0.25) is 19.0 Å². The first kappa shape index (κ1) is 20.7. The van der Waals surface area contributed by atoms with Crippen LogP contribution in [0.4, 0.5) is 0 Å². The minimum absolute atomic E-state index is 0.292. The average molecular weight is 435 g/mol. The fraction of sp³-hybridized carbons (Fsp3) is 0.217. The number of thiophene rings is 1. The third kappa shape index (κ3) is 3.48. The highest BCUT2D eigenvalue weighted by atomic mass is 32.1. The van der Waals surface area contributed by atoms with Crippen molar-refractivity contribution in [2.24, 2.45) is 11.5 Å². The molecule has 0 radical (unpaired) electrons. The molecule has 8 heteroatoms. The zero-order chi connectivity index (χ0) is 22.3. The van der Waals surface area contributed by atoms with E-state index in [-0.39, 0.29) is 5.56 Å². The molecule has 1 atom stereocenters. The molecule has 0 aliphatic rings. The molecule has 31 heavy (non-hydrogen) atoms. The Kier molecular flexibility index (Phi) is 5.32. The van der Waals surface area contributed by atoms with Crippen LogP contribution in [0.1, 0.15) is 46.0 Å². The highest BCUT2D eigenvalue weighted by molar-refractivity contribution is 7.20. The van der Waals surface area contributed by atoms with Gasteiger partial charge in [-0.25, -0.2) is 4.98 Å². The molecule has 158 valence electrons. The summed E-state index contributed by atoms with van der Waals surface area (Å²) in [5.74, 6) is -0.784. The van der Waals surface area contributed by atoms with Gasteiger partial charge in [-0.05, 0) is 35.2 Å². The Morgan fingerprint density at radius 3 is 2.52 bits per heavy atom. The smallest absolute Gasteiger partial charge is 0.263 e. The predicted molar refractivity (Wildman–Crippen MR) is 122 cm³/mol. The number of hydrogen-bond acceptors (Lipinski definition) is 5. The van der Waals surface area contributed by atoms with Crippen LogP contribution >= 0.6 is 11.3 Å². The molecule has 2 amide bonds. The monoisotopic (exact) mass is 434 g/mol. The SMILES string of the molecule is CCC(C(N)=O)n1c(Cc2cccc3ccccc23)nc2sc(C(N)=O)c(C)c2c1=O. The first-order chi connectivity index (χ1) is 14.8. The Hall–Kier alpha value is -3.52. The number of carbonyl (C=O) groups excluding carboxylic acids is 2. The van der Waals surface area contributed by atoms with E-state index in [1.165, 1.54) is 4.57 Å². The molecule has 2 aromatic heterocycles. The number of nitrogens with two attached hydrogens (primary N) is 2. The minimum atomic E-state index is -0.842. The van der Waals surface area contributed by atoms with Gasteiger partial charge in [-0.2, -0.15) is 0 Å². The lowest BCUT2D eigenvalue weighted by molar-refractivity contribution is -0.121. The van der Waals surface area contributed by atoms with Crippen LogP contribution in [-0.4, -0.2) is 21.4 Å². The van der Waals surface area contributed by atoms with Crippen LogP contribution in [0.25, 0.3) is 21.0 Å². The maximum absolute atomic E-state index is 13.5. The van der Waals surface area contributed by atoms with Crippen molar-refractivity contribution in [2.45, 2.75) is 32.7 Å². The zero-order valence-corrected chi connectivity index (χ0v) is 18.0. The molecule has 0 spiro atoms. The van der Waals surface area contributed by atoms with E-state index in [1.807, 2.05) is 42.5 Å². The molecule has 0 saturated heterocycles. The predicted octanol–water partition coefficient (Wildman–Crippen LogP) is 3.05. The molecule has 0 aliphatic heterocycles. The summed E-state index contributed by atoms with van der Waals surface area (Å²) in [5, 5.41) is 2.42. The molecule has 2 aromatic carbocycles. The van der Waals surface area contributed by atoms with Crippen molar-refractivity contribution in [3.63, 3.8) is 0 Å². The fourth-order valence-electron chi connectivity index (χ4n) is 4.05. The number of rotatable bonds is 6. The van der Waals surface area contributed by atoms with Gasteiger partial charge in [-0.15, -0.1) is 11.3 Å². The number of amides is 2. The molecule has 1 unspecified atom stereocenters. The van der Waals surface area contributed by atoms with Crippen LogP contribution in [0, 0.1) is 6.92 Å². The third-order valence-corrected chi connectivity index (χ3v) is 6.75. The van der Waals surface area contributed by atoms with Gasteiger partial charge in [-0.1, -0.05) is 49.4 Å². The van der Waals surface area contributed by atoms with Crippen LogP contribution in [0.3, 0.4) is 0 Å². The van der Waals surface area contributed by atoms with Crippen LogP contribution in [-0.2, 0) is 11.2 Å². The van der Waals surface area contributed by atoms with Crippen LogP contribution in [0.15, 0.2) is 47.3 Å². The molecular weight excluding hydrogens is 412 g/mol. The van der Waals surface area contributed by atoms with Crippen molar-refractivity contribution in [1.29, 1.82) is 0 Å². The number of carbonyl (C=O) groups is 2. The molecule has 2 heterocycles. The lowest BCUT2D eigenvalue weighted by Crippen LogP contribution is -2.36. The van der Waals surface area contributed by atoms with Crippen LogP contribution < -0.4 is 17.0 Å². The average Bonchev–Trinajstić information content (AvgIpc) is 3.07. The largest absolute Gasteiger partial charge is 0.368 e. The Morgan fingerprint density at radius 2 is 1.84 bits per heavy atom. The number of primary amides is 2. The molecule has 4 N–H and O–H groups in total. The second-order valence-electron chi connectivity index (χ2n) is 7.45. The van der Waals surface area contributed by atoms with Gasteiger partial charge in [0.05, 0.1) is 10.3 Å². The van der Waals surface area contributed by atoms with Gasteiger partial charge in [0.25, 0.3) is 11.5 Å². The standard InChI is InChI=1S/C23H22N4O3S/c1-3-16(20(24)28)27-17(11-14-9-6-8-13-7-4-5-10-15(13)14)26-22-18(23(27)30)12(2)19(31-22)21(25)29/h4-10,16H,3,11H2,1-2H3,(H2,24,28)(H2,25,29). The molecular formula is C23H22N4O3S. The quantitative estimate of drug-likeness (QED) is 0.484. The topological polar surface area (TPSA) is 121 Å². The molecule has 7 nitrogen and oxygen atoms in total. The van der Waals surface area contributed by atoms with Crippen molar-refractivity contribution >= 4 is 44.1 Å². The van der Waals surface area contributed by atoms with E-state index >= 15 is 0 Å². The zero-order valence-electron chi connectivity index (χ0n) is 17.2. The molecule has 4 rings (SSSR count). The van der Waals surface area contributed by atoms with Crippen molar-refractivity contribution < 1.29 is 9.59 Å². The van der Waals surface area contributed by atoms with E-state index in [0.717, 1.165) is 27.7 Å². The summed E-state index contributed by atoms with van der Waals surface area (Å²) in [7, 11) is 0. The van der Waals surface area contributed by atoms with Crippen molar-refractivity contribution in [2.75, 3.05) is 0 Å². The lowest BCUT2D eigenvalue weighted by atomic mass is 10.0. The maximum atomic E-state index is 13.5. The van der Waals surface area contributed by atoms with E-state index in [9.17, 15) is 14.4 Å². The normalized spacial score (nSPS) is 12.3. The highest BCUT2D eigenvalue weighted by Gasteiger charge is 2.26. The van der Waals surface area contributed by atoms with Crippen molar-refractivity contribution in [1.82, 2.24) is 9.55 Å². The van der Waals surface area contributed by atoms with Gasteiger partial charge >= 0.3 is 0 Å². The lowest BCUT2D eigenvalue weighted by Gasteiger charge is -2.19. The fourth-order valence-corrected chi connectivity index (χ4v) is 5.09. The van der Waals surface area contributed by atoms with E-state index in [2.05, 4.69) is 0 Å². The number of fused-ring (bicyclic) bond motifs is 2. The Labute approximate surface area is 182 Å². The summed E-state index contributed by atoms with van der Waals surface area (Å²) in [6.45, 7) is 3.46. The summed E-state index contributed by atoms with van der Waals surface area (Å²) in [6, 6.07) is 13.0. The number of aromatic nitrogens is 2. The van der Waals surface area contributed by atoms with Crippen LogP contribution in [0.2, 0.25) is 0 Å². The summed E-state index contributed by atoms with van der Waals surface area (Å²) < 4.78 is 1.39. The van der Waals surface area contributed by atoms with Crippen LogP contribution in [0.5, 0.6) is 0 Å². The summed E-state index contributed by atoms with van der Waals surface area (Å²) in [4.78, 5) is 43.0. The Balaban J connectivity index is 2.01. The van der Waals surface area contributed by atoms with Gasteiger partial charge < -0.3 is 11.5 Å².